The van der Waals surface area contributed by atoms with Crippen LogP contribution in [0, 0.1) is 0 Å². The van der Waals surface area contributed by atoms with Crippen LogP contribution in [0.4, 0.5) is 0 Å². The first-order valence-electron chi connectivity index (χ1n) is 3.63. The van der Waals surface area contributed by atoms with Gasteiger partial charge in [-0.3, -0.25) is 4.79 Å². The largest absolute Gasteiger partial charge is 0.326 e. The Kier molecular flexibility index (Phi) is 3.84. The molecule has 0 fully saturated rings. The van der Waals surface area contributed by atoms with Gasteiger partial charge in [0, 0.05) is 12.7 Å². The van der Waals surface area contributed by atoms with Crippen molar-refractivity contribution in [3.05, 3.63) is 28.5 Å². The van der Waals surface area contributed by atoms with E-state index in [9.17, 15) is 4.79 Å². The third-order valence-corrected chi connectivity index (χ3v) is 2.41. The number of ketones is 1. The third-order valence-electron chi connectivity index (χ3n) is 1.61. The molecule has 3 nitrogen and oxygen atoms in total. The van der Waals surface area contributed by atoms with Gasteiger partial charge in [0.25, 0.3) is 0 Å². The van der Waals surface area contributed by atoms with Crippen molar-refractivity contribution in [2.45, 2.75) is 6.54 Å². The van der Waals surface area contributed by atoms with Gasteiger partial charge in [-0.2, -0.15) is 0 Å². The van der Waals surface area contributed by atoms with Crippen molar-refractivity contribution in [1.82, 2.24) is 4.98 Å². The fraction of sp³-hybridized carbons (Fsp3) is 0.250. The number of carbonyl (C=O) groups excluding carboxylic acids is 1. The summed E-state index contributed by atoms with van der Waals surface area (Å²) < 4.78 is 0. The summed E-state index contributed by atoms with van der Waals surface area (Å²) in [5.41, 5.74) is 6.60. The van der Waals surface area contributed by atoms with Gasteiger partial charge in [0.05, 0.1) is 10.9 Å². The van der Waals surface area contributed by atoms with Gasteiger partial charge in [-0.05, 0) is 11.6 Å². The number of hydrogen-bond acceptors (Lipinski definition) is 3. The van der Waals surface area contributed by atoms with E-state index in [1.807, 2.05) is 0 Å². The van der Waals surface area contributed by atoms with Gasteiger partial charge in [-0.15, -0.1) is 0 Å². The topological polar surface area (TPSA) is 56.0 Å². The Morgan fingerprint density at radius 3 is 2.92 bits per heavy atom. The van der Waals surface area contributed by atoms with E-state index in [0.717, 1.165) is 5.56 Å². The minimum absolute atomic E-state index is 0.0986. The molecule has 5 heteroatoms. The molecule has 1 aromatic rings. The Morgan fingerprint density at radius 2 is 2.38 bits per heavy atom. The van der Waals surface area contributed by atoms with Crippen LogP contribution in [0.1, 0.15) is 15.9 Å². The number of rotatable bonds is 3. The molecule has 1 heterocycles. The van der Waals surface area contributed by atoms with E-state index in [-0.39, 0.29) is 22.8 Å². The molecule has 0 radical (unpaired) electrons. The molecule has 1 rings (SSSR count). The van der Waals surface area contributed by atoms with Crippen molar-refractivity contribution in [1.29, 1.82) is 0 Å². The Balaban J connectivity index is 3.22. The quantitative estimate of drug-likeness (QED) is 0.514. The number of carbonyl (C=O) groups is 1. The maximum absolute atomic E-state index is 11.4. The van der Waals surface area contributed by atoms with Crippen molar-refractivity contribution < 1.29 is 4.79 Å². The van der Waals surface area contributed by atoms with Crippen LogP contribution in [0.3, 0.4) is 0 Å². The number of nitrogens with two attached hydrogens (primary N) is 1. The Labute approximate surface area is 89.4 Å². The molecule has 70 valence electrons. The molecule has 2 N–H and O–H groups in total. The van der Waals surface area contributed by atoms with Crippen LogP contribution in [0.15, 0.2) is 12.3 Å². The van der Waals surface area contributed by atoms with Crippen LogP contribution in [-0.4, -0.2) is 16.1 Å². The highest BCUT2D eigenvalue weighted by molar-refractivity contribution is 9.09. The van der Waals surface area contributed by atoms with E-state index in [1.165, 1.54) is 6.20 Å². The van der Waals surface area contributed by atoms with Gasteiger partial charge in [0.1, 0.15) is 5.15 Å². The molecular formula is C8H8BrClN2O. The second-order valence-corrected chi connectivity index (χ2v) is 3.32. The van der Waals surface area contributed by atoms with E-state index in [2.05, 4.69) is 20.9 Å². The fourth-order valence-corrected chi connectivity index (χ4v) is 1.57. The molecule has 0 aliphatic carbocycles. The van der Waals surface area contributed by atoms with E-state index in [4.69, 9.17) is 17.3 Å². The summed E-state index contributed by atoms with van der Waals surface area (Å²) in [7, 11) is 0. The summed E-state index contributed by atoms with van der Waals surface area (Å²) in [6, 6.07) is 1.70. The van der Waals surface area contributed by atoms with Crippen LogP contribution in [0.2, 0.25) is 5.15 Å². The molecule has 0 saturated carbocycles. The van der Waals surface area contributed by atoms with E-state index >= 15 is 0 Å². The fourth-order valence-electron chi connectivity index (χ4n) is 1.00. The molecule has 0 aliphatic rings. The van der Waals surface area contributed by atoms with E-state index < -0.39 is 0 Å². The maximum atomic E-state index is 11.4. The van der Waals surface area contributed by atoms with Crippen molar-refractivity contribution in [2.24, 2.45) is 5.73 Å². The van der Waals surface area contributed by atoms with Gasteiger partial charge in [-0.1, -0.05) is 27.5 Å². The summed E-state index contributed by atoms with van der Waals surface area (Å²) in [6.45, 7) is 0.288. The number of aromatic nitrogens is 1. The number of hydrogen-bond donors (Lipinski definition) is 1. The van der Waals surface area contributed by atoms with Gasteiger partial charge in [0.2, 0.25) is 0 Å². The van der Waals surface area contributed by atoms with Crippen molar-refractivity contribution in [3.8, 4) is 0 Å². The van der Waals surface area contributed by atoms with Crippen LogP contribution in [0.5, 0.6) is 0 Å². The van der Waals surface area contributed by atoms with Gasteiger partial charge >= 0.3 is 0 Å². The first-order valence-corrected chi connectivity index (χ1v) is 5.13. The molecule has 0 amide bonds. The lowest BCUT2D eigenvalue weighted by Crippen LogP contribution is -2.10. The molecule has 0 spiro atoms. The zero-order valence-electron chi connectivity index (χ0n) is 6.76. The summed E-state index contributed by atoms with van der Waals surface area (Å²) in [5, 5.41) is 0.443. The highest BCUT2D eigenvalue weighted by atomic mass is 79.9. The standard InChI is InChI=1S/C8H8BrClN2O/c9-3-6(13)7-5(4-11)1-2-12-8(7)10/h1-2H,3-4,11H2. The second kappa shape index (κ2) is 4.69. The Hall–Kier alpha value is -0.450. The first-order chi connectivity index (χ1) is 6.20. The number of nitrogens with zero attached hydrogens (tertiary/aromatic N) is 1. The number of Topliss-reactive ketones (excluding diaryl/α,β-unsaturated/α-hetero) is 1. The lowest BCUT2D eigenvalue weighted by atomic mass is 10.1. The molecule has 0 saturated heterocycles. The summed E-state index contributed by atoms with van der Waals surface area (Å²) in [5.74, 6) is -0.0986. The smallest absolute Gasteiger partial charge is 0.176 e. The average Bonchev–Trinajstić information content (AvgIpc) is 2.16. The van der Waals surface area contributed by atoms with Crippen molar-refractivity contribution >= 4 is 33.3 Å². The van der Waals surface area contributed by atoms with E-state index in [1.54, 1.807) is 6.07 Å². The Morgan fingerprint density at radius 1 is 1.69 bits per heavy atom. The van der Waals surface area contributed by atoms with Crippen LogP contribution >= 0.6 is 27.5 Å². The predicted octanol–water partition coefficient (Wildman–Crippen LogP) is 1.77. The molecule has 0 unspecified atom stereocenters. The minimum Gasteiger partial charge on any atom is -0.326 e. The second-order valence-electron chi connectivity index (χ2n) is 2.40. The molecule has 1 aromatic heterocycles. The summed E-state index contributed by atoms with van der Waals surface area (Å²) in [4.78, 5) is 15.2. The normalized spacial score (nSPS) is 10.1. The molecule has 13 heavy (non-hydrogen) atoms. The first kappa shape index (κ1) is 10.6. The van der Waals surface area contributed by atoms with Crippen molar-refractivity contribution in [3.63, 3.8) is 0 Å². The molecule has 0 aliphatic heterocycles. The van der Waals surface area contributed by atoms with Gasteiger partial charge in [0.15, 0.2) is 5.78 Å². The summed E-state index contributed by atoms with van der Waals surface area (Å²) >= 11 is 8.85. The molecular weight excluding hydrogens is 255 g/mol. The van der Waals surface area contributed by atoms with Gasteiger partial charge < -0.3 is 5.73 Å². The average molecular weight is 264 g/mol. The Bertz CT molecular complexity index is 330. The van der Waals surface area contributed by atoms with Crippen molar-refractivity contribution in [2.75, 3.05) is 5.33 Å². The maximum Gasteiger partial charge on any atom is 0.176 e. The number of pyridine rings is 1. The lowest BCUT2D eigenvalue weighted by Gasteiger charge is -2.05. The summed E-state index contributed by atoms with van der Waals surface area (Å²) in [6.07, 6.45) is 1.54. The van der Waals surface area contributed by atoms with E-state index in [0.29, 0.717) is 5.56 Å². The monoisotopic (exact) mass is 262 g/mol. The zero-order valence-corrected chi connectivity index (χ0v) is 9.10. The van der Waals surface area contributed by atoms with Crippen LogP contribution in [-0.2, 0) is 6.54 Å². The number of alkyl halides is 1. The lowest BCUT2D eigenvalue weighted by molar-refractivity contribution is 0.102. The highest BCUT2D eigenvalue weighted by Crippen LogP contribution is 2.18. The minimum atomic E-state index is -0.0986. The SMILES string of the molecule is NCc1ccnc(Cl)c1C(=O)CBr. The molecule has 0 aromatic carbocycles. The van der Waals surface area contributed by atoms with Crippen LogP contribution < -0.4 is 5.73 Å². The van der Waals surface area contributed by atoms with Gasteiger partial charge in [-0.25, -0.2) is 4.98 Å². The molecule has 0 bridgehead atoms. The predicted molar refractivity (Wildman–Crippen MR) is 55.3 cm³/mol. The molecule has 0 atom stereocenters. The van der Waals surface area contributed by atoms with Crippen LogP contribution in [0.25, 0.3) is 0 Å². The zero-order chi connectivity index (χ0) is 9.84. The number of halogens is 2. The third kappa shape index (κ3) is 2.27. The highest BCUT2D eigenvalue weighted by Gasteiger charge is 2.13.